The summed E-state index contributed by atoms with van der Waals surface area (Å²) < 4.78 is 26.3. The Hall–Kier alpha value is -3.09. The van der Waals surface area contributed by atoms with E-state index >= 15 is 0 Å². The Kier molecular flexibility index (Phi) is 6.63. The molecule has 1 aromatic carbocycles. The summed E-state index contributed by atoms with van der Waals surface area (Å²) in [5.41, 5.74) is 1.68. The molecule has 2 aliphatic rings. The number of pyridine rings is 1. The highest BCUT2D eigenvalue weighted by Gasteiger charge is 2.58. The average molecular weight is 440 g/mol. The normalized spacial score (nSPS) is 19.3. The second kappa shape index (κ2) is 9.59. The lowest BCUT2D eigenvalue weighted by Crippen LogP contribution is -2.40. The van der Waals surface area contributed by atoms with Crippen LogP contribution < -0.4 is 5.32 Å². The number of hydrogen-bond acceptors (Lipinski definition) is 3. The Labute approximate surface area is 186 Å². The summed E-state index contributed by atoms with van der Waals surface area (Å²) in [4.78, 5) is 30.8. The number of carbonyl (C=O) groups excluding carboxylic acids is 2. The van der Waals surface area contributed by atoms with Gasteiger partial charge in [0.15, 0.2) is 11.6 Å². The molecule has 2 fully saturated rings. The maximum absolute atomic E-state index is 13.3. The number of benzene rings is 1. The van der Waals surface area contributed by atoms with Gasteiger partial charge in [-0.05, 0) is 79.0 Å². The molecule has 2 amide bonds. The van der Waals surface area contributed by atoms with Crippen molar-refractivity contribution in [2.75, 3.05) is 19.6 Å². The number of nitrogens with zero attached hydrogens (tertiary/aromatic N) is 2. The van der Waals surface area contributed by atoms with Crippen molar-refractivity contribution in [2.24, 2.45) is 11.3 Å². The molecule has 0 radical (unpaired) electrons. The third kappa shape index (κ3) is 5.21. The van der Waals surface area contributed by atoms with E-state index in [-0.39, 0.29) is 23.1 Å². The lowest BCUT2D eigenvalue weighted by molar-refractivity contribution is -0.127. The molecule has 0 unspecified atom stereocenters. The number of hydrogen-bond donors (Lipinski definition) is 1. The number of aromatic nitrogens is 1. The van der Waals surface area contributed by atoms with Gasteiger partial charge in [-0.25, -0.2) is 8.78 Å². The predicted octanol–water partition coefficient (Wildman–Crippen LogP) is 3.75. The predicted molar refractivity (Wildman–Crippen MR) is 117 cm³/mol. The smallest absolute Gasteiger partial charge is 0.246 e. The first-order chi connectivity index (χ1) is 15.5. The van der Waals surface area contributed by atoms with Gasteiger partial charge in [0.2, 0.25) is 11.8 Å². The van der Waals surface area contributed by atoms with Crippen molar-refractivity contribution < 1.29 is 18.4 Å². The fraction of sp³-hybridized carbons (Fsp3) is 0.400. The molecule has 0 bridgehead atoms. The first-order valence-electron chi connectivity index (χ1n) is 11.1. The van der Waals surface area contributed by atoms with Crippen LogP contribution in [0.1, 0.15) is 36.8 Å². The van der Waals surface area contributed by atoms with Crippen LogP contribution in [0.5, 0.6) is 0 Å². The van der Waals surface area contributed by atoms with E-state index in [2.05, 4.69) is 10.3 Å². The van der Waals surface area contributed by atoms with E-state index < -0.39 is 11.6 Å². The van der Waals surface area contributed by atoms with Gasteiger partial charge in [-0.3, -0.25) is 14.6 Å². The minimum absolute atomic E-state index is 0.0236. The van der Waals surface area contributed by atoms with Crippen molar-refractivity contribution in [1.82, 2.24) is 15.2 Å². The summed E-state index contributed by atoms with van der Waals surface area (Å²) in [6, 6.07) is 7.51. The van der Waals surface area contributed by atoms with E-state index in [4.69, 9.17) is 0 Å². The number of amides is 2. The van der Waals surface area contributed by atoms with Crippen LogP contribution in [0.15, 0.2) is 48.8 Å². The van der Waals surface area contributed by atoms with Crippen molar-refractivity contribution in [3.05, 3.63) is 71.6 Å². The van der Waals surface area contributed by atoms with E-state index in [1.54, 1.807) is 17.3 Å². The number of halogens is 2. The fourth-order valence-corrected chi connectivity index (χ4v) is 4.51. The second-order valence-electron chi connectivity index (χ2n) is 8.70. The zero-order valence-electron chi connectivity index (χ0n) is 17.9. The van der Waals surface area contributed by atoms with Crippen LogP contribution in [0.2, 0.25) is 0 Å². The van der Waals surface area contributed by atoms with E-state index in [0.717, 1.165) is 44.2 Å². The minimum atomic E-state index is -0.935. The lowest BCUT2D eigenvalue weighted by atomic mass is 9.90. The number of carbonyl (C=O) groups is 2. The standard InChI is InChI=1S/C25H27F2N3O2/c26-21-5-3-19(16-22(21)27)4-6-23(31)30-14-9-25(10-15-30)17-20(25)24(32)29-11-1-2-18-7-12-28-13-8-18/h3-8,12-13,16,20H,1-2,9-11,14-15,17H2,(H,29,32)/b6-4+/t20-/m1/s1. The lowest BCUT2D eigenvalue weighted by Gasteiger charge is -2.32. The third-order valence-corrected chi connectivity index (χ3v) is 6.63. The molecule has 1 aromatic heterocycles. The first kappa shape index (κ1) is 22.1. The van der Waals surface area contributed by atoms with Gasteiger partial charge in [0.1, 0.15) is 0 Å². The largest absolute Gasteiger partial charge is 0.356 e. The molecule has 5 nitrogen and oxygen atoms in total. The quantitative estimate of drug-likeness (QED) is 0.528. The summed E-state index contributed by atoms with van der Waals surface area (Å²) >= 11 is 0. The van der Waals surface area contributed by atoms with Gasteiger partial charge in [0.05, 0.1) is 0 Å². The van der Waals surface area contributed by atoms with Crippen molar-refractivity contribution in [3.63, 3.8) is 0 Å². The summed E-state index contributed by atoms with van der Waals surface area (Å²) in [7, 11) is 0. The molecular formula is C25H27F2N3O2. The van der Waals surface area contributed by atoms with E-state index in [9.17, 15) is 18.4 Å². The molecule has 32 heavy (non-hydrogen) atoms. The van der Waals surface area contributed by atoms with Crippen LogP contribution in [0.25, 0.3) is 6.08 Å². The van der Waals surface area contributed by atoms with Gasteiger partial charge in [-0.15, -0.1) is 0 Å². The molecule has 1 saturated heterocycles. The van der Waals surface area contributed by atoms with Crippen molar-refractivity contribution >= 4 is 17.9 Å². The molecule has 7 heteroatoms. The van der Waals surface area contributed by atoms with Gasteiger partial charge in [-0.2, -0.15) is 0 Å². The first-order valence-corrected chi connectivity index (χ1v) is 11.1. The van der Waals surface area contributed by atoms with Crippen molar-refractivity contribution in [3.8, 4) is 0 Å². The van der Waals surface area contributed by atoms with E-state index in [0.29, 0.717) is 25.2 Å². The zero-order valence-corrected chi connectivity index (χ0v) is 17.9. The van der Waals surface area contributed by atoms with Gasteiger partial charge in [0.25, 0.3) is 0 Å². The molecule has 1 N–H and O–H groups in total. The van der Waals surface area contributed by atoms with Crippen molar-refractivity contribution in [2.45, 2.75) is 32.1 Å². The molecule has 1 aliphatic carbocycles. The Bertz CT molecular complexity index is 1000. The zero-order chi connectivity index (χ0) is 22.6. The SMILES string of the molecule is O=C(NCCCc1ccncc1)[C@H]1CC12CCN(C(=O)/C=C/c1ccc(F)c(F)c1)CC2. The average Bonchev–Trinajstić information content (AvgIpc) is 3.51. The van der Waals surface area contributed by atoms with Crippen LogP contribution in [0.4, 0.5) is 8.78 Å². The monoisotopic (exact) mass is 439 g/mol. The molecule has 1 aliphatic heterocycles. The molecule has 168 valence electrons. The molecule has 1 spiro atoms. The van der Waals surface area contributed by atoms with Gasteiger partial charge >= 0.3 is 0 Å². The number of rotatable bonds is 7. The highest BCUT2D eigenvalue weighted by atomic mass is 19.2. The Morgan fingerprint density at radius 3 is 2.59 bits per heavy atom. The Balaban J connectivity index is 1.19. The van der Waals surface area contributed by atoms with Crippen LogP contribution in [0.3, 0.4) is 0 Å². The van der Waals surface area contributed by atoms with Gasteiger partial charge in [-0.1, -0.05) is 6.07 Å². The second-order valence-corrected chi connectivity index (χ2v) is 8.70. The maximum atomic E-state index is 13.3. The van der Waals surface area contributed by atoms with Crippen LogP contribution in [-0.2, 0) is 16.0 Å². The molecule has 4 rings (SSSR count). The molecule has 1 saturated carbocycles. The Morgan fingerprint density at radius 2 is 1.88 bits per heavy atom. The topological polar surface area (TPSA) is 62.3 Å². The van der Waals surface area contributed by atoms with E-state index in [1.807, 2.05) is 12.1 Å². The number of piperidine rings is 1. The van der Waals surface area contributed by atoms with Crippen LogP contribution in [0, 0.1) is 23.0 Å². The summed E-state index contributed by atoms with van der Waals surface area (Å²) in [5.74, 6) is -1.83. The Morgan fingerprint density at radius 1 is 1.12 bits per heavy atom. The number of likely N-dealkylation sites (tertiary alicyclic amines) is 1. The van der Waals surface area contributed by atoms with Crippen LogP contribution in [-0.4, -0.2) is 41.3 Å². The number of nitrogens with one attached hydrogen (secondary N) is 1. The minimum Gasteiger partial charge on any atom is -0.356 e. The van der Waals surface area contributed by atoms with Gasteiger partial charge in [0, 0.05) is 44.0 Å². The van der Waals surface area contributed by atoms with E-state index in [1.165, 1.54) is 23.8 Å². The molecular weight excluding hydrogens is 412 g/mol. The summed E-state index contributed by atoms with van der Waals surface area (Å²) in [5, 5.41) is 3.06. The molecule has 2 aromatic rings. The van der Waals surface area contributed by atoms with Gasteiger partial charge < -0.3 is 10.2 Å². The molecule has 2 heterocycles. The van der Waals surface area contributed by atoms with Crippen LogP contribution >= 0.6 is 0 Å². The number of aryl methyl sites for hydroxylation is 1. The molecule has 1 atom stereocenters. The summed E-state index contributed by atoms with van der Waals surface area (Å²) in [6.45, 7) is 1.87. The maximum Gasteiger partial charge on any atom is 0.246 e. The summed E-state index contributed by atoms with van der Waals surface area (Å²) in [6.07, 6.45) is 10.7. The fourth-order valence-electron chi connectivity index (χ4n) is 4.51. The third-order valence-electron chi connectivity index (χ3n) is 6.63. The highest BCUT2D eigenvalue weighted by Crippen LogP contribution is 2.59. The highest BCUT2D eigenvalue weighted by molar-refractivity contribution is 5.92. The van der Waals surface area contributed by atoms with Crippen molar-refractivity contribution in [1.29, 1.82) is 0 Å².